The van der Waals surface area contributed by atoms with E-state index in [1.165, 1.54) is 17.7 Å². The van der Waals surface area contributed by atoms with Gasteiger partial charge in [0.2, 0.25) is 0 Å². The average molecular weight is 320 g/mol. The van der Waals surface area contributed by atoms with E-state index in [9.17, 15) is 22.0 Å². The number of halogens is 5. The summed E-state index contributed by atoms with van der Waals surface area (Å²) in [6, 6.07) is 4.11. The number of fused-ring (bicyclic) bond motifs is 2. The number of benzene rings is 1. The molecule has 2 aliphatic rings. The van der Waals surface area contributed by atoms with Crippen LogP contribution in [0.15, 0.2) is 23.8 Å². The predicted octanol–water partition coefficient (Wildman–Crippen LogP) is 3.74. The predicted molar refractivity (Wildman–Crippen MR) is 70.7 cm³/mol. The number of hydrogen-bond acceptors (Lipinski definition) is 3. The van der Waals surface area contributed by atoms with Gasteiger partial charge in [-0.1, -0.05) is 0 Å². The Kier molecular flexibility index (Phi) is 3.41. The van der Waals surface area contributed by atoms with Crippen molar-refractivity contribution in [3.05, 3.63) is 29.3 Å². The molecule has 2 aliphatic heterocycles. The van der Waals surface area contributed by atoms with Crippen LogP contribution >= 0.6 is 0 Å². The van der Waals surface area contributed by atoms with Crippen molar-refractivity contribution >= 4 is 11.4 Å². The van der Waals surface area contributed by atoms with E-state index < -0.39 is 18.7 Å². The van der Waals surface area contributed by atoms with E-state index >= 15 is 0 Å². The molecule has 0 aliphatic carbocycles. The van der Waals surface area contributed by atoms with E-state index in [1.807, 2.05) is 0 Å². The lowest BCUT2D eigenvalue weighted by Gasteiger charge is -2.23. The first kappa shape index (κ1) is 14.9. The van der Waals surface area contributed by atoms with E-state index in [2.05, 4.69) is 15.4 Å². The van der Waals surface area contributed by atoms with Gasteiger partial charge < -0.3 is 15.4 Å². The van der Waals surface area contributed by atoms with Gasteiger partial charge >= 0.3 is 12.3 Å². The van der Waals surface area contributed by atoms with Crippen molar-refractivity contribution in [2.24, 2.45) is 0 Å². The van der Waals surface area contributed by atoms with Crippen molar-refractivity contribution in [1.29, 1.82) is 0 Å². The molecule has 0 unspecified atom stereocenters. The lowest BCUT2D eigenvalue weighted by atomic mass is 10.0. The Morgan fingerprint density at radius 1 is 1.09 bits per heavy atom. The summed E-state index contributed by atoms with van der Waals surface area (Å²) in [5.74, 6) is -0.303. The molecule has 0 radical (unpaired) electrons. The molecule has 3 nitrogen and oxygen atoms in total. The third kappa shape index (κ3) is 3.10. The second-order valence-electron chi connectivity index (χ2n) is 5.25. The molecule has 1 aromatic rings. The Morgan fingerprint density at radius 2 is 1.86 bits per heavy atom. The standard InChI is InChI=1S/C14H13F5N2O/c15-13(16,17)7-14(18,19)22-9-1-2-10-11(5-9)21-6-8-3-4-20-12(8)10/h1-2,5,20-21H,3-4,6-7H2. The van der Waals surface area contributed by atoms with Gasteiger partial charge in [0.1, 0.15) is 12.2 Å². The van der Waals surface area contributed by atoms with Crippen LogP contribution in [0, 0.1) is 0 Å². The van der Waals surface area contributed by atoms with Gasteiger partial charge in [0.25, 0.3) is 0 Å². The molecule has 0 saturated carbocycles. The highest BCUT2D eigenvalue weighted by Crippen LogP contribution is 2.38. The quantitative estimate of drug-likeness (QED) is 0.833. The number of ether oxygens (including phenoxy) is 1. The normalized spacial score (nSPS) is 17.5. The van der Waals surface area contributed by atoms with E-state index in [-0.39, 0.29) is 5.75 Å². The van der Waals surface area contributed by atoms with Gasteiger partial charge in [-0.05, 0) is 24.1 Å². The summed E-state index contributed by atoms with van der Waals surface area (Å²) >= 11 is 0. The van der Waals surface area contributed by atoms with Crippen LogP contribution in [-0.2, 0) is 0 Å². The summed E-state index contributed by atoms with van der Waals surface area (Å²) in [5, 5.41) is 6.28. The van der Waals surface area contributed by atoms with Gasteiger partial charge in [0.15, 0.2) is 0 Å². The van der Waals surface area contributed by atoms with Gasteiger partial charge in [-0.2, -0.15) is 22.0 Å². The Bertz CT molecular complexity index is 624. The third-order valence-corrected chi connectivity index (χ3v) is 3.51. The summed E-state index contributed by atoms with van der Waals surface area (Å²) in [6.45, 7) is 1.39. The van der Waals surface area contributed by atoms with Gasteiger partial charge in [-0.3, -0.25) is 0 Å². The summed E-state index contributed by atoms with van der Waals surface area (Å²) < 4.78 is 67.0. The van der Waals surface area contributed by atoms with E-state index in [1.54, 1.807) is 6.07 Å². The zero-order valence-electron chi connectivity index (χ0n) is 11.4. The molecule has 0 atom stereocenters. The second kappa shape index (κ2) is 5.03. The maximum atomic E-state index is 13.3. The Balaban J connectivity index is 1.80. The monoisotopic (exact) mass is 320 g/mol. The van der Waals surface area contributed by atoms with Crippen LogP contribution in [0.4, 0.5) is 27.6 Å². The van der Waals surface area contributed by atoms with E-state index in [4.69, 9.17) is 0 Å². The van der Waals surface area contributed by atoms with Crippen LogP contribution in [-0.4, -0.2) is 25.4 Å². The van der Waals surface area contributed by atoms with Crippen molar-refractivity contribution in [3.8, 4) is 5.75 Å². The average Bonchev–Trinajstić information content (AvgIpc) is 2.83. The molecule has 120 valence electrons. The fourth-order valence-electron chi connectivity index (χ4n) is 2.65. The summed E-state index contributed by atoms with van der Waals surface area (Å²) in [4.78, 5) is 0. The lowest BCUT2D eigenvalue weighted by molar-refractivity contribution is -0.255. The number of alkyl halides is 5. The minimum absolute atomic E-state index is 0.303. The topological polar surface area (TPSA) is 33.3 Å². The highest BCUT2D eigenvalue weighted by Gasteiger charge is 2.46. The summed E-state index contributed by atoms with van der Waals surface area (Å²) in [7, 11) is 0. The molecule has 3 rings (SSSR count). The first-order chi connectivity index (χ1) is 10.2. The maximum absolute atomic E-state index is 13.3. The molecular weight excluding hydrogens is 307 g/mol. The highest BCUT2D eigenvalue weighted by atomic mass is 19.4. The van der Waals surface area contributed by atoms with E-state index in [0.717, 1.165) is 24.2 Å². The van der Waals surface area contributed by atoms with E-state index in [0.29, 0.717) is 12.2 Å². The maximum Gasteiger partial charge on any atom is 0.406 e. The smallest absolute Gasteiger partial charge is 0.406 e. The van der Waals surface area contributed by atoms with Crippen molar-refractivity contribution in [3.63, 3.8) is 0 Å². The third-order valence-electron chi connectivity index (χ3n) is 3.51. The first-order valence-electron chi connectivity index (χ1n) is 6.71. The fraction of sp³-hybridized carbons (Fsp3) is 0.429. The number of nitrogens with one attached hydrogen (secondary N) is 2. The van der Waals surface area contributed by atoms with Crippen LogP contribution < -0.4 is 15.4 Å². The van der Waals surface area contributed by atoms with Crippen LogP contribution in [0.2, 0.25) is 0 Å². The zero-order valence-corrected chi connectivity index (χ0v) is 11.4. The minimum atomic E-state index is -5.00. The van der Waals surface area contributed by atoms with Crippen LogP contribution in [0.3, 0.4) is 0 Å². The Labute approximate surface area is 123 Å². The largest absolute Gasteiger partial charge is 0.432 e. The molecule has 22 heavy (non-hydrogen) atoms. The molecule has 0 saturated heterocycles. The lowest BCUT2D eigenvalue weighted by Crippen LogP contribution is -2.31. The molecular formula is C14H13F5N2O. The molecule has 2 N–H and O–H groups in total. The van der Waals surface area contributed by atoms with Crippen molar-refractivity contribution in [2.75, 3.05) is 18.4 Å². The zero-order chi connectivity index (χ0) is 16.0. The van der Waals surface area contributed by atoms with Crippen molar-refractivity contribution < 1.29 is 26.7 Å². The highest BCUT2D eigenvalue weighted by molar-refractivity contribution is 5.82. The first-order valence-corrected chi connectivity index (χ1v) is 6.71. The molecule has 0 bridgehead atoms. The molecule has 0 aromatic heterocycles. The second-order valence-corrected chi connectivity index (χ2v) is 5.25. The van der Waals surface area contributed by atoms with Crippen LogP contribution in [0.1, 0.15) is 18.4 Å². The molecule has 8 heteroatoms. The number of anilines is 1. The van der Waals surface area contributed by atoms with Crippen LogP contribution in [0.5, 0.6) is 5.75 Å². The number of rotatable bonds is 3. The molecule has 0 fully saturated rings. The van der Waals surface area contributed by atoms with Gasteiger partial charge in [-0.15, -0.1) is 0 Å². The minimum Gasteiger partial charge on any atom is -0.432 e. The molecule has 0 spiro atoms. The molecule has 0 amide bonds. The van der Waals surface area contributed by atoms with Crippen molar-refractivity contribution in [1.82, 2.24) is 5.32 Å². The SMILES string of the molecule is FC(F)(F)CC(F)(F)Oc1ccc2c(c1)NCC1=C2NCC1. The number of hydrogen-bond donors (Lipinski definition) is 2. The van der Waals surface area contributed by atoms with Crippen LogP contribution in [0.25, 0.3) is 5.70 Å². The van der Waals surface area contributed by atoms with Gasteiger partial charge in [0.05, 0.1) is 0 Å². The fourth-order valence-corrected chi connectivity index (χ4v) is 2.65. The molecule has 2 heterocycles. The Hall–Kier alpha value is -1.99. The Morgan fingerprint density at radius 3 is 2.59 bits per heavy atom. The van der Waals surface area contributed by atoms with Crippen molar-refractivity contribution in [2.45, 2.75) is 25.1 Å². The summed E-state index contributed by atoms with van der Waals surface area (Å²) in [5.41, 5.74) is 3.53. The summed E-state index contributed by atoms with van der Waals surface area (Å²) in [6.07, 6.45) is -10.7. The van der Waals surface area contributed by atoms with Gasteiger partial charge in [-0.25, -0.2) is 0 Å². The van der Waals surface area contributed by atoms with Gasteiger partial charge in [0, 0.05) is 36.1 Å². The molecule has 1 aromatic carbocycles.